The molecule has 0 N–H and O–H groups in total. The van der Waals surface area contributed by atoms with Gasteiger partial charge in [0.25, 0.3) is 0 Å². The van der Waals surface area contributed by atoms with Crippen LogP contribution in [0.15, 0.2) is 24.3 Å². The molecule has 0 saturated carbocycles. The van der Waals surface area contributed by atoms with E-state index in [4.69, 9.17) is 18.9 Å². The summed E-state index contributed by atoms with van der Waals surface area (Å²) in [5.74, 6) is -2.28. The molecule has 0 aliphatic carbocycles. The lowest BCUT2D eigenvalue weighted by molar-refractivity contribution is -0.870. The molecule has 0 saturated heterocycles. The Morgan fingerprint density at radius 1 is 0.417 bits per heavy atom. The van der Waals surface area contributed by atoms with Crippen molar-refractivity contribution in [3.63, 3.8) is 0 Å². The van der Waals surface area contributed by atoms with E-state index < -0.39 is 24.3 Å². The SMILES string of the molecule is CCCCCCC/C=C\C/C=C\CCCCCCCCCCCCCCCCCCCCCCCCCCCCCCCC(=O)OC(COC(=O)CCCCCCCC)COC(OCC[N+](C)(C)C)C(=O)[O-]. The third kappa shape index (κ3) is 55.5. The summed E-state index contributed by atoms with van der Waals surface area (Å²) in [5.41, 5.74) is 0. The Hall–Kier alpha value is -2.23. The van der Waals surface area contributed by atoms with Gasteiger partial charge in [0.15, 0.2) is 12.4 Å². The Kier molecular flexibility index (Phi) is 53.3. The molecule has 0 aliphatic rings. The van der Waals surface area contributed by atoms with Crippen LogP contribution in [0.5, 0.6) is 0 Å². The standard InChI is InChI=1S/C63H119NO8/c1-6-8-10-12-14-15-16-17-18-19-20-21-22-23-24-25-26-27-28-29-30-31-32-33-34-35-36-37-38-39-40-41-42-43-44-45-46-47-48-50-52-54-61(66)72-59(57-70-60(65)53-51-49-13-11-9-7-2)58-71-63(62(67)68)69-56-55-64(3,4)5/h16-17,19-20,59,63H,6-15,18,21-58H2,1-5H3/b17-16-,20-19-. The normalized spacial score (nSPS) is 12.8. The van der Waals surface area contributed by atoms with E-state index >= 15 is 0 Å². The van der Waals surface area contributed by atoms with Gasteiger partial charge in [-0.1, -0.05) is 269 Å². The highest BCUT2D eigenvalue weighted by Crippen LogP contribution is 2.18. The van der Waals surface area contributed by atoms with Crippen LogP contribution >= 0.6 is 0 Å². The molecule has 0 aromatic carbocycles. The zero-order valence-electron chi connectivity index (χ0n) is 48.3. The van der Waals surface area contributed by atoms with Gasteiger partial charge in [0.2, 0.25) is 0 Å². The highest BCUT2D eigenvalue weighted by atomic mass is 16.7. The molecule has 0 aromatic rings. The Morgan fingerprint density at radius 2 is 0.750 bits per heavy atom. The van der Waals surface area contributed by atoms with Crippen molar-refractivity contribution in [2.24, 2.45) is 0 Å². The second kappa shape index (κ2) is 55.0. The summed E-state index contributed by atoms with van der Waals surface area (Å²) in [6.07, 6.45) is 63.3. The molecule has 0 aliphatic heterocycles. The number of esters is 2. The van der Waals surface area contributed by atoms with Gasteiger partial charge in [-0.3, -0.25) is 9.59 Å². The number of nitrogens with zero attached hydrogens (tertiary/aromatic N) is 1. The van der Waals surface area contributed by atoms with Gasteiger partial charge in [-0.15, -0.1) is 0 Å². The van der Waals surface area contributed by atoms with Gasteiger partial charge in [-0.25, -0.2) is 0 Å². The number of allylic oxidation sites excluding steroid dienone is 4. The number of ether oxygens (including phenoxy) is 4. The Bertz CT molecular complexity index is 1230. The lowest BCUT2D eigenvalue weighted by atomic mass is 10.0. The average Bonchev–Trinajstić information content (AvgIpc) is 3.35. The van der Waals surface area contributed by atoms with E-state index in [1.807, 2.05) is 21.1 Å². The van der Waals surface area contributed by atoms with Crippen molar-refractivity contribution in [3.05, 3.63) is 24.3 Å². The van der Waals surface area contributed by atoms with Crippen LogP contribution in [0.25, 0.3) is 0 Å². The molecule has 0 aromatic heterocycles. The first-order chi connectivity index (χ1) is 35.1. The minimum atomic E-state index is -1.61. The number of quaternary nitrogens is 1. The molecule has 0 rings (SSSR count). The molecule has 0 spiro atoms. The predicted octanol–water partition coefficient (Wildman–Crippen LogP) is 17.0. The number of carboxylic acids is 1. The summed E-state index contributed by atoms with van der Waals surface area (Å²) in [6.45, 7) is 4.70. The van der Waals surface area contributed by atoms with Crippen LogP contribution in [-0.2, 0) is 33.3 Å². The van der Waals surface area contributed by atoms with Crippen LogP contribution in [0.4, 0.5) is 0 Å². The first kappa shape index (κ1) is 69.8. The zero-order valence-corrected chi connectivity index (χ0v) is 48.3. The van der Waals surface area contributed by atoms with Gasteiger partial charge in [0.1, 0.15) is 13.2 Å². The Balaban J connectivity index is 3.74. The first-order valence-electron chi connectivity index (χ1n) is 31.0. The zero-order chi connectivity index (χ0) is 52.7. The molecule has 9 heteroatoms. The number of carboxylic acid groups (broad SMARTS) is 1. The number of hydrogen-bond donors (Lipinski definition) is 0. The van der Waals surface area contributed by atoms with Crippen LogP contribution in [0.1, 0.15) is 303 Å². The summed E-state index contributed by atoms with van der Waals surface area (Å²) in [6, 6.07) is 0. The van der Waals surface area contributed by atoms with Crippen molar-refractivity contribution in [3.8, 4) is 0 Å². The van der Waals surface area contributed by atoms with E-state index in [0.717, 1.165) is 51.4 Å². The molecule has 2 unspecified atom stereocenters. The van der Waals surface area contributed by atoms with Gasteiger partial charge in [-0.2, -0.15) is 0 Å². The molecule has 424 valence electrons. The fraction of sp³-hybridized carbons (Fsp3) is 0.889. The quantitative estimate of drug-likeness (QED) is 0.0195. The second-order valence-electron chi connectivity index (χ2n) is 22.4. The number of rotatable bonds is 58. The summed E-state index contributed by atoms with van der Waals surface area (Å²) in [5, 5.41) is 11.7. The number of likely N-dealkylation sites (N-methyl/N-ethyl adjacent to an activating group) is 1. The Labute approximate surface area is 446 Å². The first-order valence-corrected chi connectivity index (χ1v) is 31.0. The van der Waals surface area contributed by atoms with E-state index in [0.29, 0.717) is 17.4 Å². The third-order valence-corrected chi connectivity index (χ3v) is 14.0. The molecule has 0 fully saturated rings. The molecule has 0 amide bonds. The van der Waals surface area contributed by atoms with Crippen LogP contribution in [0.2, 0.25) is 0 Å². The largest absolute Gasteiger partial charge is 0.545 e. The number of hydrogen-bond acceptors (Lipinski definition) is 8. The van der Waals surface area contributed by atoms with Gasteiger partial charge < -0.3 is 33.3 Å². The summed E-state index contributed by atoms with van der Waals surface area (Å²) in [7, 11) is 5.92. The van der Waals surface area contributed by atoms with E-state index in [2.05, 4.69) is 38.2 Å². The lowest BCUT2D eigenvalue weighted by Crippen LogP contribution is -2.44. The Morgan fingerprint density at radius 3 is 1.10 bits per heavy atom. The molecule has 72 heavy (non-hydrogen) atoms. The summed E-state index contributed by atoms with van der Waals surface area (Å²) in [4.78, 5) is 36.9. The van der Waals surface area contributed by atoms with Crippen molar-refractivity contribution >= 4 is 17.9 Å². The number of aliphatic carboxylic acids is 1. The monoisotopic (exact) mass is 1020 g/mol. The van der Waals surface area contributed by atoms with Crippen LogP contribution in [-0.4, -0.2) is 82.3 Å². The van der Waals surface area contributed by atoms with Crippen LogP contribution in [0.3, 0.4) is 0 Å². The lowest BCUT2D eigenvalue weighted by Gasteiger charge is -2.26. The van der Waals surface area contributed by atoms with Crippen molar-refractivity contribution in [2.45, 2.75) is 315 Å². The van der Waals surface area contributed by atoms with Crippen molar-refractivity contribution in [1.29, 1.82) is 0 Å². The fourth-order valence-corrected chi connectivity index (χ4v) is 9.16. The van der Waals surface area contributed by atoms with Gasteiger partial charge >= 0.3 is 11.9 Å². The second-order valence-corrected chi connectivity index (χ2v) is 22.4. The molecule has 9 nitrogen and oxygen atoms in total. The number of carbonyl (C=O) groups is 3. The number of carbonyl (C=O) groups excluding carboxylic acids is 3. The highest BCUT2D eigenvalue weighted by molar-refractivity contribution is 5.70. The molecule has 0 radical (unpaired) electrons. The van der Waals surface area contributed by atoms with Gasteiger partial charge in [0.05, 0.1) is 40.3 Å². The van der Waals surface area contributed by atoms with E-state index in [-0.39, 0.29) is 32.2 Å². The minimum Gasteiger partial charge on any atom is -0.545 e. The highest BCUT2D eigenvalue weighted by Gasteiger charge is 2.22. The van der Waals surface area contributed by atoms with Crippen LogP contribution in [0, 0.1) is 0 Å². The van der Waals surface area contributed by atoms with Crippen molar-refractivity contribution in [1.82, 2.24) is 0 Å². The number of unbranched alkanes of at least 4 members (excludes halogenated alkanes) is 39. The molecule has 2 atom stereocenters. The molecular weight excluding hydrogens is 899 g/mol. The fourth-order valence-electron chi connectivity index (χ4n) is 9.16. The average molecular weight is 1020 g/mol. The molecule has 0 bridgehead atoms. The third-order valence-electron chi connectivity index (χ3n) is 14.0. The maximum atomic E-state index is 12.8. The molecule has 0 heterocycles. The maximum Gasteiger partial charge on any atom is 0.306 e. The smallest absolute Gasteiger partial charge is 0.306 e. The van der Waals surface area contributed by atoms with E-state index in [1.165, 1.54) is 225 Å². The van der Waals surface area contributed by atoms with E-state index in [1.54, 1.807) is 0 Å². The molecular formula is C63H119NO8. The van der Waals surface area contributed by atoms with Gasteiger partial charge in [-0.05, 0) is 44.9 Å². The topological polar surface area (TPSA) is 111 Å². The van der Waals surface area contributed by atoms with Gasteiger partial charge in [0, 0.05) is 12.8 Å². The summed E-state index contributed by atoms with van der Waals surface area (Å²) < 4.78 is 22.5. The van der Waals surface area contributed by atoms with Crippen molar-refractivity contribution in [2.75, 3.05) is 47.5 Å². The van der Waals surface area contributed by atoms with Crippen LogP contribution < -0.4 is 5.11 Å². The maximum absolute atomic E-state index is 12.8. The minimum absolute atomic E-state index is 0.151. The predicted molar refractivity (Wildman–Crippen MR) is 302 cm³/mol. The van der Waals surface area contributed by atoms with Crippen molar-refractivity contribution < 1.29 is 42.9 Å². The summed E-state index contributed by atoms with van der Waals surface area (Å²) >= 11 is 0. The van der Waals surface area contributed by atoms with E-state index in [9.17, 15) is 19.5 Å².